The van der Waals surface area contributed by atoms with E-state index < -0.39 is 10.0 Å². The second-order valence-corrected chi connectivity index (χ2v) is 10.3. The zero-order valence-corrected chi connectivity index (χ0v) is 18.7. The summed E-state index contributed by atoms with van der Waals surface area (Å²) in [6, 6.07) is 10.6. The highest BCUT2D eigenvalue weighted by Gasteiger charge is 2.32. The fourth-order valence-corrected chi connectivity index (χ4v) is 5.32. The van der Waals surface area contributed by atoms with E-state index in [0.29, 0.717) is 35.0 Å². The van der Waals surface area contributed by atoms with Gasteiger partial charge in [0.1, 0.15) is 0 Å². The lowest BCUT2D eigenvalue weighted by atomic mass is 9.98. The molecular formula is C21H24Cl2N2O3S. The Labute approximate surface area is 182 Å². The SMILES string of the molecule is Cc1ccc(NC(=O)C2CCCN(S(=O)(=O)Cc3ccc(Cl)c(Cl)c3)C2)cc1C. The first-order valence-corrected chi connectivity index (χ1v) is 11.8. The molecule has 0 spiro atoms. The Hall–Kier alpha value is -1.60. The molecular weight excluding hydrogens is 431 g/mol. The van der Waals surface area contributed by atoms with Crippen molar-refractivity contribution in [2.45, 2.75) is 32.4 Å². The van der Waals surface area contributed by atoms with Crippen molar-refractivity contribution in [2.75, 3.05) is 18.4 Å². The lowest BCUT2D eigenvalue weighted by Crippen LogP contribution is -2.44. The fourth-order valence-electron chi connectivity index (χ4n) is 3.40. The number of amides is 1. The minimum Gasteiger partial charge on any atom is -0.326 e. The van der Waals surface area contributed by atoms with Crippen LogP contribution in [0.4, 0.5) is 5.69 Å². The molecule has 0 aliphatic carbocycles. The number of aryl methyl sites for hydroxylation is 2. The maximum atomic E-state index is 12.9. The highest BCUT2D eigenvalue weighted by molar-refractivity contribution is 7.88. The molecule has 1 fully saturated rings. The second-order valence-electron chi connectivity index (χ2n) is 7.49. The number of hydrogen-bond donors (Lipinski definition) is 1. The van der Waals surface area contributed by atoms with E-state index in [1.165, 1.54) is 4.31 Å². The van der Waals surface area contributed by atoms with Crippen molar-refractivity contribution in [2.24, 2.45) is 5.92 Å². The van der Waals surface area contributed by atoms with Crippen LogP contribution in [0.2, 0.25) is 10.0 Å². The Balaban J connectivity index is 1.67. The summed E-state index contributed by atoms with van der Waals surface area (Å²) >= 11 is 11.9. The fraction of sp³-hybridized carbons (Fsp3) is 0.381. The monoisotopic (exact) mass is 454 g/mol. The minimum atomic E-state index is -3.57. The molecule has 1 aliphatic rings. The van der Waals surface area contributed by atoms with Crippen molar-refractivity contribution < 1.29 is 13.2 Å². The minimum absolute atomic E-state index is 0.150. The Morgan fingerprint density at radius 3 is 2.55 bits per heavy atom. The van der Waals surface area contributed by atoms with Crippen LogP contribution in [-0.2, 0) is 20.6 Å². The molecule has 2 aromatic rings. The molecule has 1 atom stereocenters. The van der Waals surface area contributed by atoms with Gasteiger partial charge in [0.05, 0.1) is 21.7 Å². The number of nitrogens with zero attached hydrogens (tertiary/aromatic N) is 1. The quantitative estimate of drug-likeness (QED) is 0.705. The molecule has 1 aliphatic heterocycles. The molecule has 0 aromatic heterocycles. The number of rotatable bonds is 5. The number of benzene rings is 2. The summed E-state index contributed by atoms with van der Waals surface area (Å²) in [5.74, 6) is -0.702. The van der Waals surface area contributed by atoms with Gasteiger partial charge in [0.15, 0.2) is 0 Å². The lowest BCUT2D eigenvalue weighted by molar-refractivity contribution is -0.120. The predicted octanol–water partition coefficient (Wildman–Crippen LogP) is 4.79. The van der Waals surface area contributed by atoms with Gasteiger partial charge in [-0.25, -0.2) is 12.7 Å². The number of piperidine rings is 1. The van der Waals surface area contributed by atoms with Crippen LogP contribution in [0, 0.1) is 19.8 Å². The van der Waals surface area contributed by atoms with Gasteiger partial charge in [-0.1, -0.05) is 35.3 Å². The van der Waals surface area contributed by atoms with Crippen molar-refractivity contribution in [3.63, 3.8) is 0 Å². The van der Waals surface area contributed by atoms with Gasteiger partial charge < -0.3 is 5.32 Å². The first-order valence-electron chi connectivity index (χ1n) is 9.45. The largest absolute Gasteiger partial charge is 0.326 e. The molecule has 29 heavy (non-hydrogen) atoms. The summed E-state index contributed by atoms with van der Waals surface area (Å²) in [5, 5.41) is 3.63. The van der Waals surface area contributed by atoms with E-state index in [1.807, 2.05) is 32.0 Å². The molecule has 0 bridgehead atoms. The van der Waals surface area contributed by atoms with Gasteiger partial charge in [0.25, 0.3) is 0 Å². The predicted molar refractivity (Wildman–Crippen MR) is 118 cm³/mol. The van der Waals surface area contributed by atoms with E-state index in [9.17, 15) is 13.2 Å². The number of sulfonamides is 1. The topological polar surface area (TPSA) is 66.5 Å². The normalized spacial score (nSPS) is 17.9. The summed E-state index contributed by atoms with van der Waals surface area (Å²) in [4.78, 5) is 12.7. The summed E-state index contributed by atoms with van der Waals surface area (Å²) in [6.45, 7) is 4.60. The molecule has 1 heterocycles. The molecule has 3 rings (SSSR count). The van der Waals surface area contributed by atoms with Gasteiger partial charge in [-0.3, -0.25) is 4.79 Å². The van der Waals surface area contributed by atoms with Crippen LogP contribution in [0.5, 0.6) is 0 Å². The third kappa shape index (κ3) is 5.51. The maximum Gasteiger partial charge on any atom is 0.228 e. The molecule has 1 unspecified atom stereocenters. The van der Waals surface area contributed by atoms with Crippen molar-refractivity contribution >= 4 is 44.8 Å². The molecule has 8 heteroatoms. The number of carbonyl (C=O) groups excluding carboxylic acids is 1. The van der Waals surface area contributed by atoms with Crippen molar-refractivity contribution in [3.8, 4) is 0 Å². The first-order chi connectivity index (χ1) is 13.7. The van der Waals surface area contributed by atoms with Crippen molar-refractivity contribution in [1.82, 2.24) is 4.31 Å². The highest BCUT2D eigenvalue weighted by atomic mass is 35.5. The molecule has 1 N–H and O–H groups in total. The standard InChI is InChI=1S/C21H24Cl2N2O3S/c1-14-5-7-18(10-15(14)2)24-21(26)17-4-3-9-25(12-17)29(27,28)13-16-6-8-19(22)20(23)11-16/h5-8,10-11,17H,3-4,9,12-13H2,1-2H3,(H,24,26). The Morgan fingerprint density at radius 1 is 1.10 bits per heavy atom. The van der Waals surface area contributed by atoms with Crippen molar-refractivity contribution in [1.29, 1.82) is 0 Å². The van der Waals surface area contributed by atoms with Gasteiger partial charge in [0.2, 0.25) is 15.9 Å². The molecule has 1 amide bonds. The average molecular weight is 455 g/mol. The molecule has 0 saturated carbocycles. The lowest BCUT2D eigenvalue weighted by Gasteiger charge is -2.31. The molecule has 5 nitrogen and oxygen atoms in total. The number of hydrogen-bond acceptors (Lipinski definition) is 3. The summed E-state index contributed by atoms with van der Waals surface area (Å²) in [7, 11) is -3.57. The highest BCUT2D eigenvalue weighted by Crippen LogP contribution is 2.26. The van der Waals surface area contributed by atoms with Gasteiger partial charge in [-0.15, -0.1) is 0 Å². The first kappa shape index (κ1) is 22.1. The van der Waals surface area contributed by atoms with E-state index in [0.717, 1.165) is 16.8 Å². The Kier molecular flexibility index (Phi) is 6.89. The van der Waals surface area contributed by atoms with Crippen LogP contribution in [-0.4, -0.2) is 31.7 Å². The van der Waals surface area contributed by atoms with Crippen LogP contribution < -0.4 is 5.32 Å². The van der Waals surface area contributed by atoms with Crippen LogP contribution in [0.3, 0.4) is 0 Å². The summed E-state index contributed by atoms with van der Waals surface area (Å²) < 4.78 is 27.2. The van der Waals surface area contributed by atoms with Gasteiger partial charge >= 0.3 is 0 Å². The number of halogens is 2. The van der Waals surface area contributed by atoms with E-state index in [-0.39, 0.29) is 24.1 Å². The van der Waals surface area contributed by atoms with E-state index >= 15 is 0 Å². The summed E-state index contributed by atoms with van der Waals surface area (Å²) in [5.41, 5.74) is 3.55. The van der Waals surface area contributed by atoms with Gasteiger partial charge in [-0.2, -0.15) is 0 Å². The third-order valence-corrected chi connectivity index (χ3v) is 7.81. The zero-order valence-electron chi connectivity index (χ0n) is 16.4. The number of carbonyl (C=O) groups is 1. The third-order valence-electron chi connectivity index (χ3n) is 5.26. The molecule has 156 valence electrons. The Bertz CT molecular complexity index is 1020. The molecule has 0 radical (unpaired) electrons. The second kappa shape index (κ2) is 9.04. The summed E-state index contributed by atoms with van der Waals surface area (Å²) in [6.07, 6.45) is 1.31. The molecule has 1 saturated heterocycles. The average Bonchev–Trinajstić information content (AvgIpc) is 2.67. The van der Waals surface area contributed by atoms with Crippen LogP contribution in [0.15, 0.2) is 36.4 Å². The van der Waals surface area contributed by atoms with Gasteiger partial charge in [0, 0.05) is 18.8 Å². The smallest absolute Gasteiger partial charge is 0.228 e. The van der Waals surface area contributed by atoms with Crippen molar-refractivity contribution in [3.05, 3.63) is 63.1 Å². The van der Waals surface area contributed by atoms with E-state index in [2.05, 4.69) is 5.32 Å². The van der Waals surface area contributed by atoms with Gasteiger partial charge in [-0.05, 0) is 67.6 Å². The molecule has 2 aromatic carbocycles. The van der Waals surface area contributed by atoms with Crippen LogP contribution >= 0.6 is 23.2 Å². The van der Waals surface area contributed by atoms with E-state index in [1.54, 1.807) is 18.2 Å². The van der Waals surface area contributed by atoms with Crippen LogP contribution in [0.1, 0.15) is 29.5 Å². The van der Waals surface area contributed by atoms with E-state index in [4.69, 9.17) is 23.2 Å². The maximum absolute atomic E-state index is 12.9. The Morgan fingerprint density at radius 2 is 1.86 bits per heavy atom. The van der Waals surface area contributed by atoms with Crippen LogP contribution in [0.25, 0.3) is 0 Å². The number of nitrogens with one attached hydrogen (secondary N) is 1. The zero-order chi connectivity index (χ0) is 21.2. The number of anilines is 1.